The summed E-state index contributed by atoms with van der Waals surface area (Å²) >= 11 is 0. The van der Waals surface area contributed by atoms with Crippen molar-refractivity contribution in [1.82, 2.24) is 14.7 Å². The number of piperidine rings is 1. The summed E-state index contributed by atoms with van der Waals surface area (Å²) in [5, 5.41) is 4.36. The minimum Gasteiger partial charge on any atom is -0.333 e. The van der Waals surface area contributed by atoms with E-state index < -0.39 is 0 Å². The number of nitrogens with zero attached hydrogens (tertiary/aromatic N) is 3. The van der Waals surface area contributed by atoms with E-state index in [4.69, 9.17) is 5.73 Å². The fourth-order valence-electron chi connectivity index (χ4n) is 2.79. The van der Waals surface area contributed by atoms with Gasteiger partial charge in [-0.3, -0.25) is 9.48 Å². The number of hydrogen-bond acceptors (Lipinski definition) is 3. The lowest BCUT2D eigenvalue weighted by atomic mass is 10.0. The van der Waals surface area contributed by atoms with E-state index in [-0.39, 0.29) is 11.9 Å². The highest BCUT2D eigenvalue weighted by molar-refractivity contribution is 5.92. The highest BCUT2D eigenvalue weighted by Crippen LogP contribution is 2.20. The Morgan fingerprint density at radius 2 is 2.26 bits per heavy atom. The van der Waals surface area contributed by atoms with Crippen LogP contribution in [0.15, 0.2) is 6.07 Å². The molecule has 0 spiro atoms. The third kappa shape index (κ3) is 2.81. The summed E-state index contributed by atoms with van der Waals surface area (Å²) < 4.78 is 1.80. The van der Waals surface area contributed by atoms with Crippen molar-refractivity contribution in [3.05, 3.63) is 17.5 Å². The average Bonchev–Trinajstić information content (AvgIpc) is 2.80. The van der Waals surface area contributed by atoms with Crippen LogP contribution in [-0.4, -0.2) is 39.7 Å². The van der Waals surface area contributed by atoms with Gasteiger partial charge in [0, 0.05) is 31.9 Å². The Bertz CT molecular complexity index is 452. The Morgan fingerprint density at radius 3 is 2.84 bits per heavy atom. The molecule has 5 heteroatoms. The van der Waals surface area contributed by atoms with E-state index in [0.717, 1.165) is 31.5 Å². The number of nitrogens with two attached hydrogens (primary N) is 1. The van der Waals surface area contributed by atoms with Crippen LogP contribution in [-0.2, 0) is 7.05 Å². The van der Waals surface area contributed by atoms with Crippen molar-refractivity contribution in [1.29, 1.82) is 0 Å². The van der Waals surface area contributed by atoms with Crippen LogP contribution in [0.4, 0.5) is 0 Å². The van der Waals surface area contributed by atoms with E-state index in [9.17, 15) is 4.79 Å². The average molecular weight is 264 g/mol. The van der Waals surface area contributed by atoms with Crippen molar-refractivity contribution in [2.45, 2.75) is 45.1 Å². The van der Waals surface area contributed by atoms with Gasteiger partial charge in [-0.15, -0.1) is 0 Å². The maximum Gasteiger partial charge on any atom is 0.274 e. The number of hydrogen-bond donors (Lipinski definition) is 1. The first-order chi connectivity index (χ1) is 9.04. The molecule has 1 aliphatic heterocycles. The zero-order valence-electron chi connectivity index (χ0n) is 12.1. The zero-order valence-corrected chi connectivity index (χ0v) is 12.1. The topological polar surface area (TPSA) is 64.2 Å². The number of aromatic nitrogens is 2. The third-order valence-electron chi connectivity index (χ3n) is 3.89. The van der Waals surface area contributed by atoms with Gasteiger partial charge in [0.05, 0.1) is 0 Å². The molecule has 5 nitrogen and oxygen atoms in total. The monoisotopic (exact) mass is 264 g/mol. The van der Waals surface area contributed by atoms with Crippen molar-refractivity contribution >= 4 is 5.91 Å². The Labute approximate surface area is 114 Å². The first-order valence-corrected chi connectivity index (χ1v) is 7.09. The van der Waals surface area contributed by atoms with Crippen LogP contribution in [0.2, 0.25) is 0 Å². The molecule has 0 unspecified atom stereocenters. The van der Waals surface area contributed by atoms with Gasteiger partial charge in [-0.2, -0.15) is 5.10 Å². The lowest BCUT2D eigenvalue weighted by Gasteiger charge is -2.34. The molecule has 1 saturated heterocycles. The molecule has 0 radical (unpaired) electrons. The van der Waals surface area contributed by atoms with Crippen molar-refractivity contribution in [2.24, 2.45) is 12.8 Å². The maximum absolute atomic E-state index is 12.6. The number of carbonyl (C=O) groups is 1. The van der Waals surface area contributed by atoms with Crippen LogP contribution in [0.3, 0.4) is 0 Å². The molecule has 1 fully saturated rings. The zero-order chi connectivity index (χ0) is 14.0. The summed E-state index contributed by atoms with van der Waals surface area (Å²) in [5.74, 6) is 0.392. The van der Waals surface area contributed by atoms with Crippen molar-refractivity contribution in [3.8, 4) is 0 Å². The lowest BCUT2D eigenvalue weighted by molar-refractivity contribution is 0.0616. The molecule has 19 heavy (non-hydrogen) atoms. The predicted molar refractivity (Wildman–Crippen MR) is 75.0 cm³/mol. The quantitative estimate of drug-likeness (QED) is 0.899. The third-order valence-corrected chi connectivity index (χ3v) is 3.89. The van der Waals surface area contributed by atoms with Gasteiger partial charge < -0.3 is 10.6 Å². The van der Waals surface area contributed by atoms with Gasteiger partial charge in [-0.25, -0.2) is 0 Å². The van der Waals surface area contributed by atoms with Gasteiger partial charge in [0.1, 0.15) is 0 Å². The molecule has 2 N–H and O–H groups in total. The smallest absolute Gasteiger partial charge is 0.274 e. The molecule has 106 valence electrons. The Kier molecular flexibility index (Phi) is 4.24. The van der Waals surface area contributed by atoms with Crippen LogP contribution in [0.1, 0.15) is 55.2 Å². The molecule has 0 aliphatic carbocycles. The largest absolute Gasteiger partial charge is 0.333 e. The summed E-state index contributed by atoms with van der Waals surface area (Å²) in [6, 6.07) is 2.08. The van der Waals surface area contributed by atoms with Gasteiger partial charge in [-0.05, 0) is 31.2 Å². The van der Waals surface area contributed by atoms with Crippen LogP contribution in [0.25, 0.3) is 0 Å². The number of amides is 1. The van der Waals surface area contributed by atoms with Gasteiger partial charge in [0.2, 0.25) is 0 Å². The van der Waals surface area contributed by atoms with Crippen molar-refractivity contribution in [3.63, 3.8) is 0 Å². The molecule has 1 aromatic heterocycles. The molecule has 1 aliphatic rings. The van der Waals surface area contributed by atoms with E-state index in [1.807, 2.05) is 18.0 Å². The molecule has 0 aromatic carbocycles. The van der Waals surface area contributed by atoms with E-state index in [2.05, 4.69) is 18.9 Å². The summed E-state index contributed by atoms with van der Waals surface area (Å²) in [5.41, 5.74) is 7.41. The maximum atomic E-state index is 12.6. The van der Waals surface area contributed by atoms with Crippen LogP contribution in [0.5, 0.6) is 0 Å². The minimum absolute atomic E-state index is 0.0256. The first-order valence-electron chi connectivity index (χ1n) is 7.09. The summed E-state index contributed by atoms with van der Waals surface area (Å²) in [6.07, 6.45) is 3.23. The summed E-state index contributed by atoms with van der Waals surface area (Å²) in [6.45, 7) is 5.55. The van der Waals surface area contributed by atoms with Crippen LogP contribution in [0, 0.1) is 0 Å². The predicted octanol–water partition coefficient (Wildman–Crippen LogP) is 1.50. The SMILES string of the molecule is CC(C)c1cc(C(=O)N2CCCC[C@@H]2CN)nn1C. The number of aryl methyl sites for hydroxylation is 1. The molecule has 1 amide bonds. The van der Waals surface area contributed by atoms with Gasteiger partial charge in [0.15, 0.2) is 5.69 Å². The number of rotatable bonds is 3. The molecular formula is C14H24N4O. The number of carbonyl (C=O) groups excluding carboxylic acids is 1. The lowest BCUT2D eigenvalue weighted by Crippen LogP contribution is -2.47. The molecule has 0 saturated carbocycles. The van der Waals surface area contributed by atoms with Crippen LogP contribution >= 0.6 is 0 Å². The van der Waals surface area contributed by atoms with Gasteiger partial charge >= 0.3 is 0 Å². The Morgan fingerprint density at radius 1 is 1.53 bits per heavy atom. The molecule has 1 aromatic rings. The van der Waals surface area contributed by atoms with Crippen molar-refractivity contribution in [2.75, 3.05) is 13.1 Å². The second kappa shape index (κ2) is 5.74. The Balaban J connectivity index is 2.20. The number of likely N-dealkylation sites (tertiary alicyclic amines) is 1. The summed E-state index contributed by atoms with van der Waals surface area (Å²) in [4.78, 5) is 14.5. The molecule has 1 atom stereocenters. The molecular weight excluding hydrogens is 240 g/mol. The second-order valence-corrected chi connectivity index (χ2v) is 5.62. The van der Waals surface area contributed by atoms with Crippen LogP contribution < -0.4 is 5.73 Å². The highest BCUT2D eigenvalue weighted by Gasteiger charge is 2.28. The van der Waals surface area contributed by atoms with E-state index in [0.29, 0.717) is 18.2 Å². The van der Waals surface area contributed by atoms with Gasteiger partial charge in [0.25, 0.3) is 5.91 Å². The normalized spacial score (nSPS) is 20.1. The molecule has 2 rings (SSSR count). The second-order valence-electron chi connectivity index (χ2n) is 5.62. The summed E-state index contributed by atoms with van der Waals surface area (Å²) in [7, 11) is 1.89. The van der Waals surface area contributed by atoms with Crippen molar-refractivity contribution < 1.29 is 4.79 Å². The van der Waals surface area contributed by atoms with Gasteiger partial charge in [-0.1, -0.05) is 13.8 Å². The molecule has 2 heterocycles. The minimum atomic E-state index is 0.0256. The molecule has 0 bridgehead atoms. The van der Waals surface area contributed by atoms with E-state index >= 15 is 0 Å². The fourth-order valence-corrected chi connectivity index (χ4v) is 2.79. The highest BCUT2D eigenvalue weighted by atomic mass is 16.2. The first kappa shape index (κ1) is 14.1. The Hall–Kier alpha value is -1.36. The standard InChI is InChI=1S/C14H24N4O/c1-10(2)13-8-12(16-17(13)3)14(19)18-7-5-4-6-11(18)9-15/h8,10-11H,4-7,9,15H2,1-3H3/t11-/m1/s1. The van der Waals surface area contributed by atoms with E-state index in [1.54, 1.807) is 4.68 Å². The van der Waals surface area contributed by atoms with E-state index in [1.165, 1.54) is 0 Å². The fraction of sp³-hybridized carbons (Fsp3) is 0.714.